The van der Waals surface area contributed by atoms with E-state index < -0.39 is 35.8 Å². The van der Waals surface area contributed by atoms with Gasteiger partial charge in [-0.2, -0.15) is 0 Å². The molecule has 0 radical (unpaired) electrons. The smallest absolute Gasteiger partial charge is 0.726 e. The Morgan fingerprint density at radius 2 is 1.60 bits per heavy atom. The molecular formula is C26H47NaO6SSi. The van der Waals surface area contributed by atoms with Crippen LogP contribution in [0.3, 0.4) is 0 Å². The number of fused-ring (bicyclic) bond motifs is 5. The fraction of sp³-hybridized carbons (Fsp3) is 1.00. The molecule has 4 fully saturated rings. The second-order valence-electron chi connectivity index (χ2n) is 14.3. The summed E-state index contributed by atoms with van der Waals surface area (Å²) >= 11 is 0. The molecule has 9 atom stereocenters. The van der Waals surface area contributed by atoms with Gasteiger partial charge in [-0.05, 0) is 106 Å². The second-order valence-corrected chi connectivity index (χ2v) is 20.0. The Bertz CT molecular complexity index is 902. The van der Waals surface area contributed by atoms with Gasteiger partial charge in [-0.3, -0.25) is 4.18 Å². The van der Waals surface area contributed by atoms with Crippen LogP contribution >= 0.6 is 0 Å². The fourth-order valence-electron chi connectivity index (χ4n) is 8.41. The van der Waals surface area contributed by atoms with Crippen molar-refractivity contribution in [3.05, 3.63) is 0 Å². The van der Waals surface area contributed by atoms with Gasteiger partial charge in [0.05, 0.1) is 5.60 Å². The molecule has 35 heavy (non-hydrogen) atoms. The van der Waals surface area contributed by atoms with Crippen LogP contribution < -0.4 is 29.6 Å². The van der Waals surface area contributed by atoms with Gasteiger partial charge in [0.25, 0.3) is 0 Å². The minimum Gasteiger partial charge on any atom is -0.726 e. The number of hydrogen-bond donors (Lipinski definition) is 1. The van der Waals surface area contributed by atoms with Crippen LogP contribution in [0.5, 0.6) is 0 Å². The van der Waals surface area contributed by atoms with Crippen LogP contribution in [0.2, 0.25) is 18.1 Å². The van der Waals surface area contributed by atoms with E-state index in [9.17, 15) is 18.1 Å². The largest absolute Gasteiger partial charge is 1.00 e. The SMILES string of the molecule is CC(C)(C)[Si](C)(C)O[C@H]1CC[C@@]2(C)[C@@H](CC[C@@H]3[C@@H]2CC[C@@]2(C)[C@H]3C[C@H](OS(=O)(=O)[O-])[C@]2(C)O)C1.[Na+]. The van der Waals surface area contributed by atoms with Crippen LogP contribution in [-0.2, 0) is 19.0 Å². The van der Waals surface area contributed by atoms with E-state index in [1.54, 1.807) is 6.92 Å². The molecule has 0 saturated heterocycles. The molecule has 0 aromatic heterocycles. The molecule has 9 heteroatoms. The molecule has 6 nitrogen and oxygen atoms in total. The van der Waals surface area contributed by atoms with E-state index in [2.05, 4.69) is 47.7 Å². The molecule has 4 aliphatic carbocycles. The van der Waals surface area contributed by atoms with E-state index in [0.29, 0.717) is 30.3 Å². The standard InChI is InChI=1S/C26H48O6SSi.Na/c1-23(2,3)34(7,8)32-18-11-13-24(4)17(15-18)9-10-19-20(24)12-14-25(5)21(19)16-22(26(25,6)27)31-33(28,29)30;/h17-22,27H,9-16H2,1-8H3,(H,28,29,30);/q;+1/p-1/t17-,18-,19+,20-,21-,22-,24-,25-,26-;/m0./s1. The Morgan fingerprint density at radius 1 is 0.971 bits per heavy atom. The maximum Gasteiger partial charge on any atom is 1.00 e. The minimum atomic E-state index is -4.86. The predicted molar refractivity (Wildman–Crippen MR) is 134 cm³/mol. The number of rotatable bonds is 4. The summed E-state index contributed by atoms with van der Waals surface area (Å²) in [6.07, 6.45) is 7.44. The number of hydrogen-bond acceptors (Lipinski definition) is 6. The van der Waals surface area contributed by atoms with Gasteiger partial charge >= 0.3 is 29.6 Å². The van der Waals surface area contributed by atoms with Crippen molar-refractivity contribution in [1.82, 2.24) is 0 Å². The molecule has 0 unspecified atom stereocenters. The average Bonchev–Trinajstić information content (AvgIpc) is 2.86. The van der Waals surface area contributed by atoms with Crippen molar-refractivity contribution in [1.29, 1.82) is 0 Å². The maximum atomic E-state index is 11.4. The van der Waals surface area contributed by atoms with Crippen molar-refractivity contribution in [2.24, 2.45) is 34.5 Å². The van der Waals surface area contributed by atoms with Crippen LogP contribution in [0.1, 0.15) is 92.9 Å². The van der Waals surface area contributed by atoms with Gasteiger partial charge in [0, 0.05) is 11.5 Å². The third kappa shape index (κ3) is 5.16. The molecule has 0 amide bonds. The molecule has 0 aromatic carbocycles. The minimum absolute atomic E-state index is 0. The van der Waals surface area contributed by atoms with Crippen LogP contribution in [0.15, 0.2) is 0 Å². The molecule has 0 aliphatic heterocycles. The monoisotopic (exact) mass is 538 g/mol. The van der Waals surface area contributed by atoms with Gasteiger partial charge in [0.1, 0.15) is 6.10 Å². The normalized spacial score (nSPS) is 46.2. The van der Waals surface area contributed by atoms with Crippen molar-refractivity contribution in [3.63, 3.8) is 0 Å². The van der Waals surface area contributed by atoms with Gasteiger partial charge in [-0.25, -0.2) is 8.42 Å². The summed E-state index contributed by atoms with van der Waals surface area (Å²) in [4.78, 5) is 0. The van der Waals surface area contributed by atoms with Crippen LogP contribution in [0, 0.1) is 34.5 Å². The fourth-order valence-corrected chi connectivity index (χ4v) is 10.4. The van der Waals surface area contributed by atoms with Gasteiger partial charge in [0.2, 0.25) is 10.4 Å². The van der Waals surface area contributed by atoms with Crippen molar-refractivity contribution in [2.45, 2.75) is 129 Å². The Kier molecular flexibility index (Phi) is 8.36. The molecule has 198 valence electrons. The van der Waals surface area contributed by atoms with Gasteiger partial charge < -0.3 is 14.1 Å². The first-order valence-corrected chi connectivity index (χ1v) is 17.6. The summed E-state index contributed by atoms with van der Waals surface area (Å²) < 4.78 is 46.0. The maximum absolute atomic E-state index is 11.4. The molecule has 4 saturated carbocycles. The summed E-state index contributed by atoms with van der Waals surface area (Å²) in [5, 5.41) is 11.6. The van der Waals surface area contributed by atoms with E-state index >= 15 is 0 Å². The summed E-state index contributed by atoms with van der Waals surface area (Å²) in [6.45, 7) is 17.9. The van der Waals surface area contributed by atoms with E-state index in [4.69, 9.17) is 8.61 Å². The first kappa shape index (κ1) is 30.5. The van der Waals surface area contributed by atoms with Crippen LogP contribution in [0.25, 0.3) is 0 Å². The van der Waals surface area contributed by atoms with E-state index in [0.717, 1.165) is 38.5 Å². The van der Waals surface area contributed by atoms with Crippen molar-refractivity contribution in [3.8, 4) is 0 Å². The van der Waals surface area contributed by atoms with Crippen LogP contribution in [0.4, 0.5) is 0 Å². The molecule has 1 N–H and O–H groups in total. The van der Waals surface area contributed by atoms with E-state index in [1.165, 1.54) is 6.42 Å². The third-order valence-electron chi connectivity index (χ3n) is 11.8. The summed E-state index contributed by atoms with van der Waals surface area (Å²) in [7, 11) is -6.66. The molecule has 0 heterocycles. The molecule has 4 aliphatic rings. The first-order valence-electron chi connectivity index (χ1n) is 13.4. The zero-order valence-corrected chi connectivity index (χ0v) is 27.3. The Balaban J connectivity index is 0.00000342. The summed E-state index contributed by atoms with van der Waals surface area (Å²) in [5.74, 6) is 1.83. The molecule has 4 rings (SSSR count). The van der Waals surface area contributed by atoms with Gasteiger partial charge in [-0.1, -0.05) is 34.6 Å². The second kappa shape index (κ2) is 9.58. The van der Waals surface area contributed by atoms with E-state index in [-0.39, 0.29) is 45.9 Å². The molecule has 0 bridgehead atoms. The first-order chi connectivity index (χ1) is 15.3. The number of aliphatic hydroxyl groups is 1. The molecule has 0 spiro atoms. The summed E-state index contributed by atoms with van der Waals surface area (Å²) in [6, 6.07) is 0. The molecular weight excluding hydrogens is 491 g/mol. The Morgan fingerprint density at radius 3 is 2.17 bits per heavy atom. The van der Waals surface area contributed by atoms with Crippen molar-refractivity contribution < 1.29 is 56.2 Å². The zero-order valence-electron chi connectivity index (χ0n) is 23.5. The third-order valence-corrected chi connectivity index (χ3v) is 16.8. The molecule has 0 aromatic rings. The van der Waals surface area contributed by atoms with Crippen LogP contribution in [-0.4, -0.2) is 44.2 Å². The quantitative estimate of drug-likeness (QED) is 0.336. The zero-order chi connectivity index (χ0) is 25.5. The summed E-state index contributed by atoms with van der Waals surface area (Å²) in [5.41, 5.74) is -1.51. The van der Waals surface area contributed by atoms with E-state index in [1.807, 2.05) is 0 Å². The average molecular weight is 539 g/mol. The van der Waals surface area contributed by atoms with Gasteiger partial charge in [-0.15, -0.1) is 0 Å². The van der Waals surface area contributed by atoms with Crippen molar-refractivity contribution in [2.75, 3.05) is 0 Å². The van der Waals surface area contributed by atoms with Gasteiger partial charge in [0.15, 0.2) is 8.32 Å². The topological polar surface area (TPSA) is 95.9 Å². The van der Waals surface area contributed by atoms with Crippen molar-refractivity contribution >= 4 is 18.7 Å². The predicted octanol–water partition coefficient (Wildman–Crippen LogP) is 2.63. The Hall–Kier alpha value is 1.01. The Labute approximate surface area is 237 Å².